The lowest BCUT2D eigenvalue weighted by atomic mass is 10.00. The topological polar surface area (TPSA) is 56.8 Å². The van der Waals surface area contributed by atoms with Crippen molar-refractivity contribution in [1.29, 1.82) is 0 Å². The first-order valence-corrected chi connectivity index (χ1v) is 9.41. The van der Waals surface area contributed by atoms with Gasteiger partial charge in [-0.2, -0.15) is 0 Å². The summed E-state index contributed by atoms with van der Waals surface area (Å²) in [5, 5.41) is 3.52. The maximum Gasteiger partial charge on any atom is 0.152 e. The van der Waals surface area contributed by atoms with Crippen molar-refractivity contribution in [2.75, 3.05) is 25.5 Å². The van der Waals surface area contributed by atoms with Crippen LogP contribution in [0, 0.1) is 0 Å². The van der Waals surface area contributed by atoms with Gasteiger partial charge >= 0.3 is 0 Å². The van der Waals surface area contributed by atoms with Crippen LogP contribution < -0.4 is 5.32 Å². The molecule has 0 saturated heterocycles. The molecule has 1 aliphatic heterocycles. The second-order valence-electron chi connectivity index (χ2n) is 8.15. The summed E-state index contributed by atoms with van der Waals surface area (Å²) < 4.78 is 0. The lowest BCUT2D eigenvalue weighted by molar-refractivity contribution is 0.370. The molecule has 5 heteroatoms. The second-order valence-corrected chi connectivity index (χ2v) is 8.15. The smallest absolute Gasteiger partial charge is 0.152 e. The summed E-state index contributed by atoms with van der Waals surface area (Å²) in [5.41, 5.74) is 4.61. The van der Waals surface area contributed by atoms with Crippen molar-refractivity contribution in [1.82, 2.24) is 19.9 Å². The molecule has 2 aromatic rings. The van der Waals surface area contributed by atoms with Crippen LogP contribution in [0.15, 0.2) is 12.3 Å². The summed E-state index contributed by atoms with van der Waals surface area (Å²) in [6, 6.07) is 0. The first-order chi connectivity index (χ1) is 11.9. The predicted octanol–water partition coefficient (Wildman–Crippen LogP) is 4.23. The first-order valence-electron chi connectivity index (χ1n) is 9.41. The lowest BCUT2D eigenvalue weighted by Crippen LogP contribution is -2.27. The van der Waals surface area contributed by atoms with Crippen LogP contribution in [0.4, 0.5) is 5.82 Å². The molecule has 3 heterocycles. The maximum absolute atomic E-state index is 4.95. The number of unbranched alkanes of at least 4 members (excludes halogenated alkanes) is 1. The molecule has 0 aromatic carbocycles. The Hall–Kier alpha value is -1.88. The minimum atomic E-state index is -0.0387. The van der Waals surface area contributed by atoms with Gasteiger partial charge in [-0.25, -0.2) is 9.97 Å². The fraction of sp³-hybridized carbons (Fsp3) is 0.600. The van der Waals surface area contributed by atoms with E-state index in [1.165, 1.54) is 17.6 Å². The zero-order valence-electron chi connectivity index (χ0n) is 16.2. The number of aromatic nitrogens is 3. The molecule has 5 nitrogen and oxygen atoms in total. The SMILES string of the molecule is CCCCc1nc2c(C3=CCN(C)CC3)cnc(NC(C)(C)C)c2[nH]1. The maximum atomic E-state index is 4.95. The molecule has 136 valence electrons. The van der Waals surface area contributed by atoms with Crippen LogP contribution in [0.1, 0.15) is 58.3 Å². The van der Waals surface area contributed by atoms with E-state index in [9.17, 15) is 0 Å². The molecule has 0 atom stereocenters. The average Bonchev–Trinajstić information content (AvgIpc) is 2.97. The molecule has 1 aliphatic rings. The van der Waals surface area contributed by atoms with Gasteiger partial charge in [0, 0.05) is 36.8 Å². The number of nitrogens with zero attached hydrogens (tertiary/aromatic N) is 3. The Morgan fingerprint density at radius 3 is 2.76 bits per heavy atom. The van der Waals surface area contributed by atoms with E-state index in [4.69, 9.17) is 9.97 Å². The summed E-state index contributed by atoms with van der Waals surface area (Å²) in [6.45, 7) is 10.8. The molecule has 0 radical (unpaired) electrons. The monoisotopic (exact) mass is 341 g/mol. The minimum absolute atomic E-state index is 0.0387. The molecule has 0 fully saturated rings. The molecule has 0 amide bonds. The molecule has 0 bridgehead atoms. The number of hydrogen-bond donors (Lipinski definition) is 2. The minimum Gasteiger partial charge on any atom is -0.364 e. The highest BCUT2D eigenvalue weighted by molar-refractivity contribution is 5.95. The van der Waals surface area contributed by atoms with E-state index >= 15 is 0 Å². The van der Waals surface area contributed by atoms with Crippen molar-refractivity contribution in [3.05, 3.63) is 23.7 Å². The van der Waals surface area contributed by atoms with Crippen LogP contribution in [0.25, 0.3) is 16.6 Å². The van der Waals surface area contributed by atoms with Crippen molar-refractivity contribution < 1.29 is 0 Å². The van der Waals surface area contributed by atoms with Crippen molar-refractivity contribution >= 4 is 22.4 Å². The van der Waals surface area contributed by atoms with E-state index in [0.29, 0.717) is 0 Å². The summed E-state index contributed by atoms with van der Waals surface area (Å²) in [6.07, 6.45) is 8.68. The van der Waals surface area contributed by atoms with E-state index in [0.717, 1.165) is 55.0 Å². The Bertz CT molecular complexity index is 766. The molecule has 2 N–H and O–H groups in total. The highest BCUT2D eigenvalue weighted by atomic mass is 15.1. The summed E-state index contributed by atoms with van der Waals surface area (Å²) >= 11 is 0. The van der Waals surface area contributed by atoms with E-state index < -0.39 is 0 Å². The van der Waals surface area contributed by atoms with Crippen molar-refractivity contribution in [2.24, 2.45) is 0 Å². The third-order valence-corrected chi connectivity index (χ3v) is 4.59. The van der Waals surface area contributed by atoms with Gasteiger partial charge in [-0.3, -0.25) is 0 Å². The number of imidazole rings is 1. The molecule has 2 aromatic heterocycles. The van der Waals surface area contributed by atoms with Crippen molar-refractivity contribution in [3.63, 3.8) is 0 Å². The third kappa shape index (κ3) is 4.21. The number of pyridine rings is 1. The number of fused-ring (bicyclic) bond motifs is 1. The zero-order chi connectivity index (χ0) is 18.0. The fourth-order valence-electron chi connectivity index (χ4n) is 3.21. The molecule has 3 rings (SSSR count). The summed E-state index contributed by atoms with van der Waals surface area (Å²) in [7, 11) is 2.16. The van der Waals surface area contributed by atoms with Crippen LogP contribution in [0.5, 0.6) is 0 Å². The van der Waals surface area contributed by atoms with Gasteiger partial charge in [-0.15, -0.1) is 0 Å². The Kier molecular flexibility index (Phi) is 5.13. The van der Waals surface area contributed by atoms with Crippen LogP contribution in [0.3, 0.4) is 0 Å². The Morgan fingerprint density at radius 2 is 2.12 bits per heavy atom. The predicted molar refractivity (Wildman–Crippen MR) is 106 cm³/mol. The number of likely N-dealkylation sites (N-methyl/N-ethyl adjacent to an activating group) is 1. The van der Waals surface area contributed by atoms with Gasteiger partial charge in [0.05, 0.1) is 0 Å². The van der Waals surface area contributed by atoms with Crippen LogP contribution in [-0.4, -0.2) is 45.5 Å². The van der Waals surface area contributed by atoms with Gasteiger partial charge in [0.15, 0.2) is 5.82 Å². The molecule has 0 spiro atoms. The number of nitrogens with one attached hydrogen (secondary N) is 2. The Labute approximate surface area is 150 Å². The number of hydrogen-bond acceptors (Lipinski definition) is 4. The summed E-state index contributed by atoms with van der Waals surface area (Å²) in [4.78, 5) is 15.6. The highest BCUT2D eigenvalue weighted by Crippen LogP contribution is 2.31. The number of aryl methyl sites for hydroxylation is 1. The first kappa shape index (κ1) is 17.9. The number of aromatic amines is 1. The van der Waals surface area contributed by atoms with E-state index in [1.807, 2.05) is 6.20 Å². The van der Waals surface area contributed by atoms with Gasteiger partial charge in [-0.05, 0) is 46.2 Å². The quantitative estimate of drug-likeness (QED) is 0.854. The normalized spacial score (nSPS) is 16.3. The van der Waals surface area contributed by atoms with Gasteiger partial charge in [0.2, 0.25) is 0 Å². The molecular weight excluding hydrogens is 310 g/mol. The Morgan fingerprint density at radius 1 is 1.32 bits per heavy atom. The fourth-order valence-corrected chi connectivity index (χ4v) is 3.21. The highest BCUT2D eigenvalue weighted by Gasteiger charge is 2.20. The molecule has 25 heavy (non-hydrogen) atoms. The largest absolute Gasteiger partial charge is 0.364 e. The molecule has 0 aliphatic carbocycles. The van der Waals surface area contributed by atoms with Gasteiger partial charge in [-0.1, -0.05) is 19.4 Å². The third-order valence-electron chi connectivity index (χ3n) is 4.59. The average molecular weight is 342 g/mol. The van der Waals surface area contributed by atoms with E-state index in [2.05, 4.69) is 56.0 Å². The van der Waals surface area contributed by atoms with Gasteiger partial charge in [0.1, 0.15) is 16.9 Å². The number of anilines is 1. The second kappa shape index (κ2) is 7.16. The standard InChI is InChI=1S/C20H31N5/c1-6-7-8-16-22-17-15(14-9-11-25(5)12-10-14)13-21-19(18(17)23-16)24-20(2,3)4/h9,13H,6-8,10-12H2,1-5H3,(H,21,24)(H,22,23). The summed E-state index contributed by atoms with van der Waals surface area (Å²) in [5.74, 6) is 1.96. The van der Waals surface area contributed by atoms with Crippen LogP contribution in [0.2, 0.25) is 0 Å². The lowest BCUT2D eigenvalue weighted by Gasteiger charge is -2.24. The van der Waals surface area contributed by atoms with E-state index in [1.54, 1.807) is 0 Å². The van der Waals surface area contributed by atoms with Crippen molar-refractivity contribution in [2.45, 2.75) is 58.9 Å². The van der Waals surface area contributed by atoms with Crippen molar-refractivity contribution in [3.8, 4) is 0 Å². The molecule has 0 saturated carbocycles. The number of H-pyrrole nitrogens is 1. The molecule has 0 unspecified atom stereocenters. The van der Waals surface area contributed by atoms with E-state index in [-0.39, 0.29) is 5.54 Å². The van der Waals surface area contributed by atoms with Crippen LogP contribution in [-0.2, 0) is 6.42 Å². The van der Waals surface area contributed by atoms with Crippen LogP contribution >= 0.6 is 0 Å². The van der Waals surface area contributed by atoms with Gasteiger partial charge < -0.3 is 15.2 Å². The zero-order valence-corrected chi connectivity index (χ0v) is 16.2. The molecular formula is C20H31N5. The van der Waals surface area contributed by atoms with Gasteiger partial charge in [0.25, 0.3) is 0 Å². The Balaban J connectivity index is 2.06. The number of rotatable bonds is 5.